The second-order valence-electron chi connectivity index (χ2n) is 21.8. The number of hydrogen-bond donors (Lipinski definition) is 6. The van der Waals surface area contributed by atoms with Crippen LogP contribution in [0.15, 0.2) is 48.6 Å². The minimum Gasteiger partial charge on any atom is -0.394 e. The van der Waals surface area contributed by atoms with Crippen LogP contribution in [0.3, 0.4) is 0 Å². The predicted molar refractivity (Wildman–Crippen MR) is 309 cm³/mol. The molecular weight excluding hydrogens is 911 g/mol. The number of carbonyl (C=O) groups excluding carboxylic acids is 1. The highest BCUT2D eigenvalue weighted by molar-refractivity contribution is 5.76. The zero-order valence-corrected chi connectivity index (χ0v) is 47.6. The lowest BCUT2D eigenvalue weighted by Crippen LogP contribution is -2.60. The van der Waals surface area contributed by atoms with Crippen molar-refractivity contribution >= 4 is 5.91 Å². The van der Waals surface area contributed by atoms with Crippen molar-refractivity contribution in [3.8, 4) is 0 Å². The van der Waals surface area contributed by atoms with Crippen molar-refractivity contribution in [3.63, 3.8) is 0 Å². The first kappa shape index (κ1) is 69.2. The second kappa shape index (κ2) is 53.5. The molecule has 1 rings (SSSR count). The van der Waals surface area contributed by atoms with Gasteiger partial charge in [0.1, 0.15) is 24.4 Å². The molecule has 1 amide bonds. The Bertz CT molecular complexity index is 1290. The van der Waals surface area contributed by atoms with Gasteiger partial charge >= 0.3 is 0 Å². The van der Waals surface area contributed by atoms with Crippen molar-refractivity contribution in [3.05, 3.63) is 48.6 Å². The van der Waals surface area contributed by atoms with Crippen LogP contribution < -0.4 is 5.32 Å². The molecule has 1 heterocycles. The van der Waals surface area contributed by atoms with Gasteiger partial charge in [-0.25, -0.2) is 0 Å². The fourth-order valence-electron chi connectivity index (χ4n) is 9.91. The molecule has 0 aromatic heterocycles. The van der Waals surface area contributed by atoms with Gasteiger partial charge in [-0.05, 0) is 64.2 Å². The van der Waals surface area contributed by atoms with Gasteiger partial charge in [0.05, 0.1) is 25.4 Å². The van der Waals surface area contributed by atoms with Gasteiger partial charge in [-0.3, -0.25) is 4.79 Å². The topological polar surface area (TPSA) is 149 Å². The molecule has 0 aromatic carbocycles. The normalized spacial score (nSPS) is 19.4. The highest BCUT2D eigenvalue weighted by Gasteiger charge is 2.44. The maximum Gasteiger partial charge on any atom is 0.220 e. The molecule has 0 bridgehead atoms. The zero-order chi connectivity index (χ0) is 52.9. The number of amides is 1. The van der Waals surface area contributed by atoms with Gasteiger partial charge in [0, 0.05) is 6.42 Å². The summed E-state index contributed by atoms with van der Waals surface area (Å²) in [6.45, 7) is 3.79. The van der Waals surface area contributed by atoms with E-state index in [0.29, 0.717) is 6.42 Å². The SMILES string of the molecule is CCCCCCC/C=C\C/C=C\CCCCCCCCCCCCCCCCCC(=O)NC(COC1OC(CO)C(O)C(O)C1O)C(O)/C=C/CC/C=C/CCCCCCCCCCCCCCCCCCC. The van der Waals surface area contributed by atoms with E-state index < -0.39 is 49.5 Å². The Hall–Kier alpha value is -1.85. The highest BCUT2D eigenvalue weighted by atomic mass is 16.7. The number of unbranched alkanes of at least 4 members (excludes halogenated alkanes) is 38. The zero-order valence-electron chi connectivity index (χ0n) is 47.6. The van der Waals surface area contributed by atoms with Crippen molar-refractivity contribution in [1.82, 2.24) is 5.32 Å². The number of aliphatic hydroxyl groups excluding tert-OH is 5. The number of nitrogens with one attached hydrogen (secondary N) is 1. The van der Waals surface area contributed by atoms with Gasteiger partial charge in [0.15, 0.2) is 6.29 Å². The quantitative estimate of drug-likeness (QED) is 0.0261. The summed E-state index contributed by atoms with van der Waals surface area (Å²) in [4.78, 5) is 13.1. The Morgan fingerprint density at radius 1 is 0.466 bits per heavy atom. The van der Waals surface area contributed by atoms with E-state index in [9.17, 15) is 30.3 Å². The molecule has 0 aromatic rings. The van der Waals surface area contributed by atoms with Crippen LogP contribution >= 0.6 is 0 Å². The van der Waals surface area contributed by atoms with Gasteiger partial charge in [0.2, 0.25) is 5.91 Å². The summed E-state index contributed by atoms with van der Waals surface area (Å²) in [5.41, 5.74) is 0. The summed E-state index contributed by atoms with van der Waals surface area (Å²) in [6.07, 6.45) is 64.8. The Balaban J connectivity index is 2.20. The second-order valence-corrected chi connectivity index (χ2v) is 21.8. The molecule has 0 radical (unpaired) electrons. The molecule has 73 heavy (non-hydrogen) atoms. The van der Waals surface area contributed by atoms with E-state index in [2.05, 4.69) is 55.6 Å². The van der Waals surface area contributed by atoms with Crippen LogP contribution in [0.1, 0.15) is 296 Å². The van der Waals surface area contributed by atoms with Gasteiger partial charge in [-0.1, -0.05) is 274 Å². The molecule has 9 nitrogen and oxygen atoms in total. The molecule has 7 atom stereocenters. The average Bonchev–Trinajstić information content (AvgIpc) is 3.39. The van der Waals surface area contributed by atoms with Crippen LogP contribution in [-0.4, -0.2) is 87.5 Å². The van der Waals surface area contributed by atoms with E-state index in [-0.39, 0.29) is 12.5 Å². The van der Waals surface area contributed by atoms with E-state index in [4.69, 9.17) is 9.47 Å². The van der Waals surface area contributed by atoms with Crippen LogP contribution in [0.5, 0.6) is 0 Å². The lowest BCUT2D eigenvalue weighted by atomic mass is 9.99. The summed E-state index contributed by atoms with van der Waals surface area (Å²) in [5, 5.41) is 54.6. The minimum absolute atomic E-state index is 0.184. The van der Waals surface area contributed by atoms with Crippen molar-refractivity contribution in [2.75, 3.05) is 13.2 Å². The molecule has 1 aliphatic heterocycles. The molecule has 9 heteroatoms. The molecule has 7 unspecified atom stereocenters. The minimum atomic E-state index is -1.57. The third kappa shape index (κ3) is 42.9. The van der Waals surface area contributed by atoms with Crippen molar-refractivity contribution in [2.45, 2.75) is 339 Å². The first-order valence-electron chi connectivity index (χ1n) is 31.4. The van der Waals surface area contributed by atoms with E-state index in [1.807, 2.05) is 6.08 Å². The summed E-state index contributed by atoms with van der Waals surface area (Å²) < 4.78 is 11.3. The monoisotopic (exact) mass is 1030 g/mol. The Morgan fingerprint density at radius 3 is 1.23 bits per heavy atom. The Kier molecular flexibility index (Phi) is 50.7. The van der Waals surface area contributed by atoms with Crippen LogP contribution in [0, 0.1) is 0 Å². The molecule has 6 N–H and O–H groups in total. The van der Waals surface area contributed by atoms with Crippen LogP contribution in [0.4, 0.5) is 0 Å². The fourth-order valence-corrected chi connectivity index (χ4v) is 9.91. The standard InChI is InChI=1S/C64H119NO8/c1-3-5-7-9-11-13-15-17-19-21-23-25-27-28-29-30-32-34-36-38-40-42-44-46-48-50-52-54-60(68)65-57(56-72-64-63(71)62(70)61(69)59(55-66)73-64)58(67)53-51-49-47-45-43-41-39-37-35-33-31-26-24-22-20-18-16-14-12-10-8-6-4-2/h15,17,21,23,43,45,51,53,57-59,61-64,66-67,69-71H,3-14,16,18-20,22,24-42,44,46-50,52,54-56H2,1-2H3,(H,65,68)/b17-15-,23-21-,45-43+,53-51+. The van der Waals surface area contributed by atoms with E-state index >= 15 is 0 Å². The first-order chi connectivity index (χ1) is 35.8. The largest absolute Gasteiger partial charge is 0.394 e. The van der Waals surface area contributed by atoms with Crippen LogP contribution in [0.2, 0.25) is 0 Å². The highest BCUT2D eigenvalue weighted by Crippen LogP contribution is 2.23. The van der Waals surface area contributed by atoms with E-state index in [0.717, 1.165) is 44.9 Å². The molecular formula is C64H119NO8. The average molecular weight is 1030 g/mol. The number of aliphatic hydroxyl groups is 5. The predicted octanol–water partition coefficient (Wildman–Crippen LogP) is 16.1. The molecule has 428 valence electrons. The van der Waals surface area contributed by atoms with Gasteiger partial charge < -0.3 is 40.3 Å². The summed E-state index contributed by atoms with van der Waals surface area (Å²) in [6, 6.07) is -0.823. The van der Waals surface area contributed by atoms with Gasteiger partial charge in [0.25, 0.3) is 0 Å². The smallest absolute Gasteiger partial charge is 0.220 e. The van der Waals surface area contributed by atoms with E-state index in [1.54, 1.807) is 6.08 Å². The molecule has 0 spiro atoms. The molecule has 1 aliphatic rings. The fraction of sp³-hybridized carbons (Fsp3) is 0.859. The van der Waals surface area contributed by atoms with Crippen molar-refractivity contribution < 1.29 is 39.8 Å². The first-order valence-corrected chi connectivity index (χ1v) is 31.4. The molecule has 0 aliphatic carbocycles. The summed E-state index contributed by atoms with van der Waals surface area (Å²) >= 11 is 0. The van der Waals surface area contributed by atoms with E-state index in [1.165, 1.54) is 231 Å². The van der Waals surface area contributed by atoms with Crippen molar-refractivity contribution in [1.29, 1.82) is 0 Å². The number of hydrogen-bond acceptors (Lipinski definition) is 8. The Morgan fingerprint density at radius 2 is 0.822 bits per heavy atom. The van der Waals surface area contributed by atoms with Crippen LogP contribution in [-0.2, 0) is 14.3 Å². The van der Waals surface area contributed by atoms with Gasteiger partial charge in [-0.2, -0.15) is 0 Å². The van der Waals surface area contributed by atoms with Gasteiger partial charge in [-0.15, -0.1) is 0 Å². The lowest BCUT2D eigenvalue weighted by Gasteiger charge is -2.40. The number of ether oxygens (including phenoxy) is 2. The third-order valence-electron chi connectivity index (χ3n) is 14.9. The maximum absolute atomic E-state index is 13.1. The number of allylic oxidation sites excluding steroid dienone is 7. The number of rotatable bonds is 54. The van der Waals surface area contributed by atoms with Crippen LogP contribution in [0.25, 0.3) is 0 Å². The maximum atomic E-state index is 13.1. The van der Waals surface area contributed by atoms with Crippen molar-refractivity contribution in [2.24, 2.45) is 0 Å². The molecule has 1 saturated heterocycles. The number of carbonyl (C=O) groups is 1. The lowest BCUT2D eigenvalue weighted by molar-refractivity contribution is -0.302. The molecule has 0 saturated carbocycles. The third-order valence-corrected chi connectivity index (χ3v) is 14.9. The molecule has 1 fully saturated rings. The summed E-state index contributed by atoms with van der Waals surface area (Å²) in [7, 11) is 0. The summed E-state index contributed by atoms with van der Waals surface area (Å²) in [5.74, 6) is -0.184. The Labute approximate surface area is 450 Å².